The zero-order valence-electron chi connectivity index (χ0n) is 9.39. The van der Waals surface area contributed by atoms with Crippen molar-refractivity contribution in [2.24, 2.45) is 0 Å². The molecule has 0 bridgehead atoms. The zero-order chi connectivity index (χ0) is 14.0. The molecule has 0 amide bonds. The van der Waals surface area contributed by atoms with Gasteiger partial charge in [0.25, 0.3) is 0 Å². The first-order valence-electron chi connectivity index (χ1n) is 5.18. The van der Waals surface area contributed by atoms with Crippen LogP contribution in [-0.2, 0) is 6.61 Å². The van der Waals surface area contributed by atoms with Crippen LogP contribution in [0.5, 0.6) is 5.75 Å². The second-order valence-electron chi connectivity index (χ2n) is 3.72. The third-order valence-corrected chi connectivity index (χ3v) is 3.43. The molecule has 0 aliphatic rings. The highest BCUT2D eigenvalue weighted by atomic mass is 79.9. The van der Waals surface area contributed by atoms with Crippen molar-refractivity contribution in [1.29, 1.82) is 0 Å². The Morgan fingerprint density at radius 2 is 1.74 bits per heavy atom. The van der Waals surface area contributed by atoms with Gasteiger partial charge in [-0.1, -0.05) is 15.9 Å². The quantitative estimate of drug-likeness (QED) is 0.648. The topological polar surface area (TPSA) is 9.23 Å². The minimum absolute atomic E-state index is 0.146. The van der Waals surface area contributed by atoms with Gasteiger partial charge in [-0.05, 0) is 40.2 Å². The molecule has 0 saturated heterocycles. The van der Waals surface area contributed by atoms with Gasteiger partial charge in [-0.2, -0.15) is 0 Å². The maximum atomic E-state index is 13.7. The van der Waals surface area contributed by atoms with Crippen molar-refractivity contribution in [2.45, 2.75) is 6.61 Å². The van der Waals surface area contributed by atoms with Crippen molar-refractivity contribution in [3.63, 3.8) is 0 Å². The van der Waals surface area contributed by atoms with E-state index in [2.05, 4.69) is 31.9 Å². The highest BCUT2D eigenvalue weighted by Crippen LogP contribution is 2.25. The smallest absolute Gasteiger partial charge is 0.146 e. The molecule has 0 heterocycles. The van der Waals surface area contributed by atoms with E-state index in [0.717, 1.165) is 12.1 Å². The molecule has 19 heavy (non-hydrogen) atoms. The Balaban J connectivity index is 2.21. The molecule has 0 aromatic heterocycles. The van der Waals surface area contributed by atoms with Gasteiger partial charge < -0.3 is 4.74 Å². The molecule has 0 radical (unpaired) electrons. The van der Waals surface area contributed by atoms with Gasteiger partial charge in [0.15, 0.2) is 0 Å². The van der Waals surface area contributed by atoms with Crippen LogP contribution in [0.25, 0.3) is 0 Å². The SMILES string of the molecule is Fc1cc(Br)cc(OCc2c(F)ccc(Br)c2F)c1. The van der Waals surface area contributed by atoms with Gasteiger partial charge in [0.2, 0.25) is 0 Å². The van der Waals surface area contributed by atoms with Crippen molar-refractivity contribution < 1.29 is 17.9 Å². The Morgan fingerprint density at radius 3 is 2.42 bits per heavy atom. The molecule has 1 nitrogen and oxygen atoms in total. The summed E-state index contributed by atoms with van der Waals surface area (Å²) in [5.74, 6) is -1.75. The standard InChI is InChI=1S/C13H7Br2F3O/c14-7-3-8(16)5-9(4-7)19-6-10-12(17)2-1-11(15)13(10)18/h1-5H,6H2. The maximum absolute atomic E-state index is 13.7. The third kappa shape index (κ3) is 3.51. The average molecular weight is 396 g/mol. The van der Waals surface area contributed by atoms with Crippen molar-refractivity contribution in [3.05, 3.63) is 62.3 Å². The van der Waals surface area contributed by atoms with E-state index in [1.165, 1.54) is 18.2 Å². The Hall–Kier alpha value is -1.01. The van der Waals surface area contributed by atoms with Crippen LogP contribution < -0.4 is 4.74 Å². The fourth-order valence-corrected chi connectivity index (χ4v) is 2.28. The molecule has 0 fully saturated rings. The van der Waals surface area contributed by atoms with E-state index in [9.17, 15) is 13.2 Å². The first-order chi connectivity index (χ1) is 8.97. The van der Waals surface area contributed by atoms with E-state index < -0.39 is 17.5 Å². The summed E-state index contributed by atoms with van der Waals surface area (Å²) in [4.78, 5) is 0. The summed E-state index contributed by atoms with van der Waals surface area (Å²) < 4.78 is 46.1. The molecule has 0 spiro atoms. The summed E-state index contributed by atoms with van der Waals surface area (Å²) in [5.41, 5.74) is -0.213. The molecule has 2 rings (SSSR count). The molecule has 2 aromatic rings. The van der Waals surface area contributed by atoms with Gasteiger partial charge in [0.05, 0.1) is 10.0 Å². The van der Waals surface area contributed by atoms with Crippen LogP contribution in [-0.4, -0.2) is 0 Å². The Bertz CT molecular complexity index is 597. The summed E-state index contributed by atoms with van der Waals surface area (Å²) in [6, 6.07) is 6.31. The van der Waals surface area contributed by atoms with Crippen LogP contribution in [0.15, 0.2) is 39.3 Å². The van der Waals surface area contributed by atoms with Gasteiger partial charge >= 0.3 is 0 Å². The minimum atomic E-state index is -0.726. The molecule has 100 valence electrons. The van der Waals surface area contributed by atoms with Gasteiger partial charge in [0, 0.05) is 10.5 Å². The Kier molecular flexibility index (Phi) is 4.52. The summed E-state index contributed by atoms with van der Waals surface area (Å²) in [7, 11) is 0. The van der Waals surface area contributed by atoms with Crippen LogP contribution in [0.3, 0.4) is 0 Å². The molecule has 0 saturated carbocycles. The summed E-state index contributed by atoms with van der Waals surface area (Å²) >= 11 is 6.07. The zero-order valence-corrected chi connectivity index (χ0v) is 12.6. The van der Waals surface area contributed by atoms with E-state index in [0.29, 0.717) is 4.47 Å². The summed E-state index contributed by atoms with van der Waals surface area (Å²) in [5, 5.41) is 0. The largest absolute Gasteiger partial charge is 0.489 e. The second kappa shape index (κ2) is 5.96. The number of benzene rings is 2. The number of rotatable bonds is 3. The molecule has 0 unspecified atom stereocenters. The number of ether oxygens (including phenoxy) is 1. The third-order valence-electron chi connectivity index (χ3n) is 2.36. The Labute approximate surface area is 124 Å². The van der Waals surface area contributed by atoms with Gasteiger partial charge in [-0.15, -0.1) is 0 Å². The van der Waals surface area contributed by atoms with E-state index in [1.807, 2.05) is 0 Å². The van der Waals surface area contributed by atoms with Crippen molar-refractivity contribution in [1.82, 2.24) is 0 Å². The molecule has 2 aromatic carbocycles. The normalized spacial score (nSPS) is 10.6. The lowest BCUT2D eigenvalue weighted by molar-refractivity contribution is 0.290. The van der Waals surface area contributed by atoms with Gasteiger partial charge in [0.1, 0.15) is 29.8 Å². The molecule has 6 heteroatoms. The van der Waals surface area contributed by atoms with Gasteiger partial charge in [-0.3, -0.25) is 0 Å². The molecular formula is C13H7Br2F3O. The fraction of sp³-hybridized carbons (Fsp3) is 0.0769. The van der Waals surface area contributed by atoms with E-state index >= 15 is 0 Å². The highest BCUT2D eigenvalue weighted by molar-refractivity contribution is 9.10. The maximum Gasteiger partial charge on any atom is 0.146 e. The monoisotopic (exact) mass is 394 g/mol. The Morgan fingerprint density at radius 1 is 1.00 bits per heavy atom. The number of halogens is 5. The minimum Gasteiger partial charge on any atom is -0.489 e. The van der Waals surface area contributed by atoms with Crippen LogP contribution in [0.1, 0.15) is 5.56 Å². The summed E-state index contributed by atoms with van der Waals surface area (Å²) in [6.07, 6.45) is 0. The lowest BCUT2D eigenvalue weighted by Gasteiger charge is -2.09. The fourth-order valence-electron chi connectivity index (χ4n) is 1.47. The van der Waals surface area contributed by atoms with Crippen molar-refractivity contribution in [3.8, 4) is 5.75 Å². The first-order valence-corrected chi connectivity index (χ1v) is 6.77. The van der Waals surface area contributed by atoms with E-state index in [1.54, 1.807) is 0 Å². The predicted molar refractivity (Wildman–Crippen MR) is 72.5 cm³/mol. The van der Waals surface area contributed by atoms with Gasteiger partial charge in [-0.25, -0.2) is 13.2 Å². The second-order valence-corrected chi connectivity index (χ2v) is 5.49. The molecule has 0 atom stereocenters. The van der Waals surface area contributed by atoms with Crippen LogP contribution in [0.2, 0.25) is 0 Å². The van der Waals surface area contributed by atoms with E-state index in [4.69, 9.17) is 4.74 Å². The first kappa shape index (κ1) is 14.4. The van der Waals surface area contributed by atoms with E-state index in [-0.39, 0.29) is 22.4 Å². The summed E-state index contributed by atoms with van der Waals surface area (Å²) in [6.45, 7) is -0.326. The highest BCUT2D eigenvalue weighted by Gasteiger charge is 2.13. The van der Waals surface area contributed by atoms with Crippen LogP contribution in [0, 0.1) is 17.5 Å². The molecule has 0 N–H and O–H groups in total. The lowest BCUT2D eigenvalue weighted by Crippen LogP contribution is -2.03. The molecular weight excluding hydrogens is 389 g/mol. The van der Waals surface area contributed by atoms with Crippen molar-refractivity contribution >= 4 is 31.9 Å². The molecule has 0 aliphatic carbocycles. The van der Waals surface area contributed by atoms with Crippen molar-refractivity contribution in [2.75, 3.05) is 0 Å². The van der Waals surface area contributed by atoms with Crippen LogP contribution >= 0.6 is 31.9 Å². The predicted octanol–water partition coefficient (Wildman–Crippen LogP) is 5.21. The number of hydrogen-bond acceptors (Lipinski definition) is 1. The van der Waals surface area contributed by atoms with Crippen LogP contribution in [0.4, 0.5) is 13.2 Å². The molecule has 0 aliphatic heterocycles. The number of hydrogen-bond donors (Lipinski definition) is 0. The lowest BCUT2D eigenvalue weighted by atomic mass is 10.2. The average Bonchev–Trinajstić information content (AvgIpc) is 2.33.